The maximum Gasteiger partial charge on any atom is 0.135 e. The molecule has 0 saturated heterocycles. The van der Waals surface area contributed by atoms with Crippen molar-refractivity contribution in [3.05, 3.63) is 51.3 Å². The van der Waals surface area contributed by atoms with Crippen molar-refractivity contribution in [2.24, 2.45) is 0 Å². The van der Waals surface area contributed by atoms with Gasteiger partial charge in [-0.15, -0.1) is 0 Å². The quantitative estimate of drug-likeness (QED) is 0.770. The molecule has 0 radical (unpaired) electrons. The van der Waals surface area contributed by atoms with Gasteiger partial charge in [0.25, 0.3) is 0 Å². The van der Waals surface area contributed by atoms with Crippen LogP contribution in [0.2, 0.25) is 10.0 Å². The van der Waals surface area contributed by atoms with Crippen molar-refractivity contribution in [1.82, 2.24) is 0 Å². The van der Waals surface area contributed by atoms with E-state index in [-0.39, 0.29) is 21.6 Å². The SMILES string of the molecule is Cc1cc(C)c(-c2cc(Cl)c(O)cc2Cl)c(F)c1. The molecule has 0 spiro atoms. The first-order chi connectivity index (χ1) is 8.40. The Morgan fingerprint density at radius 3 is 2.28 bits per heavy atom. The predicted octanol–water partition coefficient (Wildman–Crippen LogP) is 5.12. The number of halogens is 3. The summed E-state index contributed by atoms with van der Waals surface area (Å²) in [4.78, 5) is 0. The zero-order valence-electron chi connectivity index (χ0n) is 9.89. The summed E-state index contributed by atoms with van der Waals surface area (Å²) in [5, 5.41) is 9.86. The standard InChI is InChI=1S/C14H11Cl2FO/c1-7-3-8(2)14(12(17)4-7)9-5-11(16)13(18)6-10(9)15/h3-6,18H,1-2H3. The molecule has 1 N–H and O–H groups in total. The third-order valence-corrected chi connectivity index (χ3v) is 3.35. The maximum absolute atomic E-state index is 14.0. The fourth-order valence-electron chi connectivity index (χ4n) is 1.98. The molecule has 0 aliphatic heterocycles. The molecule has 0 amide bonds. The molecule has 0 aliphatic carbocycles. The largest absolute Gasteiger partial charge is 0.506 e. The minimum atomic E-state index is -0.351. The van der Waals surface area contributed by atoms with E-state index in [0.29, 0.717) is 11.1 Å². The van der Waals surface area contributed by atoms with Gasteiger partial charge in [0.05, 0.1) is 10.0 Å². The van der Waals surface area contributed by atoms with Gasteiger partial charge in [0.1, 0.15) is 11.6 Å². The molecule has 0 aliphatic rings. The maximum atomic E-state index is 14.0. The molecule has 0 atom stereocenters. The molecule has 2 aromatic rings. The minimum absolute atomic E-state index is 0.115. The number of aromatic hydroxyl groups is 1. The van der Waals surface area contributed by atoms with Gasteiger partial charge in [-0.3, -0.25) is 0 Å². The number of phenolic OH excluding ortho intramolecular Hbond substituents is 1. The summed E-state index contributed by atoms with van der Waals surface area (Å²) < 4.78 is 14.0. The lowest BCUT2D eigenvalue weighted by molar-refractivity contribution is 0.475. The molecule has 94 valence electrons. The Hall–Kier alpha value is -1.25. The van der Waals surface area contributed by atoms with Crippen molar-refractivity contribution in [2.75, 3.05) is 0 Å². The third-order valence-electron chi connectivity index (χ3n) is 2.74. The number of rotatable bonds is 1. The molecule has 0 heterocycles. The first kappa shape index (κ1) is 13.2. The van der Waals surface area contributed by atoms with Crippen molar-refractivity contribution < 1.29 is 9.50 Å². The normalized spacial score (nSPS) is 10.7. The summed E-state index contributed by atoms with van der Waals surface area (Å²) in [6, 6.07) is 6.10. The van der Waals surface area contributed by atoms with E-state index < -0.39 is 0 Å². The summed E-state index contributed by atoms with van der Waals surface area (Å²) >= 11 is 11.9. The van der Waals surface area contributed by atoms with E-state index in [1.165, 1.54) is 18.2 Å². The molecule has 0 saturated carbocycles. The van der Waals surface area contributed by atoms with Crippen LogP contribution in [0.3, 0.4) is 0 Å². The molecule has 0 aromatic heterocycles. The second-order valence-corrected chi connectivity index (χ2v) is 5.04. The van der Waals surface area contributed by atoms with E-state index in [1.807, 2.05) is 19.9 Å². The van der Waals surface area contributed by atoms with Crippen LogP contribution in [0.1, 0.15) is 11.1 Å². The smallest absolute Gasteiger partial charge is 0.135 e. The highest BCUT2D eigenvalue weighted by Gasteiger charge is 2.15. The van der Waals surface area contributed by atoms with Gasteiger partial charge in [-0.25, -0.2) is 4.39 Å². The molecule has 2 aromatic carbocycles. The molecule has 18 heavy (non-hydrogen) atoms. The van der Waals surface area contributed by atoms with Gasteiger partial charge in [0.2, 0.25) is 0 Å². The summed E-state index contributed by atoms with van der Waals surface area (Å²) in [5.74, 6) is -0.466. The summed E-state index contributed by atoms with van der Waals surface area (Å²) in [7, 11) is 0. The third kappa shape index (κ3) is 2.31. The van der Waals surface area contributed by atoms with Crippen molar-refractivity contribution >= 4 is 23.2 Å². The van der Waals surface area contributed by atoms with Crippen molar-refractivity contribution in [3.8, 4) is 16.9 Å². The van der Waals surface area contributed by atoms with Gasteiger partial charge in [-0.1, -0.05) is 29.3 Å². The van der Waals surface area contributed by atoms with Crippen LogP contribution < -0.4 is 0 Å². The Balaban J connectivity index is 2.73. The zero-order valence-corrected chi connectivity index (χ0v) is 11.4. The first-order valence-corrected chi connectivity index (χ1v) is 6.11. The highest BCUT2D eigenvalue weighted by molar-refractivity contribution is 6.36. The van der Waals surface area contributed by atoms with E-state index in [1.54, 1.807) is 0 Å². The second kappa shape index (κ2) is 4.79. The van der Waals surface area contributed by atoms with Crippen LogP contribution in [0.25, 0.3) is 11.1 Å². The van der Waals surface area contributed by atoms with Gasteiger partial charge >= 0.3 is 0 Å². The summed E-state index contributed by atoms with van der Waals surface area (Å²) in [6.07, 6.45) is 0. The number of benzene rings is 2. The van der Waals surface area contributed by atoms with Crippen LogP contribution in [0.5, 0.6) is 5.75 Å². The van der Waals surface area contributed by atoms with Gasteiger partial charge < -0.3 is 5.11 Å². The molecular weight excluding hydrogens is 274 g/mol. The number of hydrogen-bond acceptors (Lipinski definition) is 1. The Labute approximate surface area is 115 Å². The molecule has 2 rings (SSSR count). The van der Waals surface area contributed by atoms with E-state index in [4.69, 9.17) is 23.2 Å². The number of hydrogen-bond donors (Lipinski definition) is 1. The zero-order chi connectivity index (χ0) is 13.4. The molecule has 0 bridgehead atoms. The van der Waals surface area contributed by atoms with Crippen LogP contribution in [0, 0.1) is 19.7 Å². The number of aryl methyl sites for hydroxylation is 2. The topological polar surface area (TPSA) is 20.2 Å². The van der Waals surface area contributed by atoms with Crippen LogP contribution in [-0.2, 0) is 0 Å². The lowest BCUT2D eigenvalue weighted by Crippen LogP contribution is -1.92. The molecule has 0 unspecified atom stereocenters. The van der Waals surface area contributed by atoms with E-state index in [2.05, 4.69) is 0 Å². The molecule has 0 fully saturated rings. The van der Waals surface area contributed by atoms with Crippen LogP contribution >= 0.6 is 23.2 Å². The van der Waals surface area contributed by atoms with Gasteiger partial charge in [-0.2, -0.15) is 0 Å². The lowest BCUT2D eigenvalue weighted by Gasteiger charge is -2.12. The highest BCUT2D eigenvalue weighted by Crippen LogP contribution is 2.38. The van der Waals surface area contributed by atoms with E-state index >= 15 is 0 Å². The Morgan fingerprint density at radius 1 is 1.00 bits per heavy atom. The minimum Gasteiger partial charge on any atom is -0.506 e. The van der Waals surface area contributed by atoms with Crippen molar-refractivity contribution in [2.45, 2.75) is 13.8 Å². The van der Waals surface area contributed by atoms with Crippen LogP contribution in [0.4, 0.5) is 4.39 Å². The van der Waals surface area contributed by atoms with Crippen LogP contribution in [0.15, 0.2) is 24.3 Å². The number of phenols is 1. The van der Waals surface area contributed by atoms with Gasteiger partial charge in [0, 0.05) is 17.2 Å². The molecule has 1 nitrogen and oxygen atoms in total. The highest BCUT2D eigenvalue weighted by atomic mass is 35.5. The summed E-state index contributed by atoms with van der Waals surface area (Å²) in [6.45, 7) is 3.63. The monoisotopic (exact) mass is 284 g/mol. The fraction of sp³-hybridized carbons (Fsp3) is 0.143. The molecule has 4 heteroatoms. The summed E-state index contributed by atoms with van der Waals surface area (Å²) in [5.41, 5.74) is 2.51. The van der Waals surface area contributed by atoms with Crippen molar-refractivity contribution in [1.29, 1.82) is 0 Å². The Kier molecular flexibility index (Phi) is 3.51. The second-order valence-electron chi connectivity index (χ2n) is 4.22. The first-order valence-electron chi connectivity index (χ1n) is 5.35. The van der Waals surface area contributed by atoms with Gasteiger partial charge in [-0.05, 0) is 37.1 Å². The Morgan fingerprint density at radius 2 is 1.67 bits per heavy atom. The van der Waals surface area contributed by atoms with Crippen LogP contribution in [-0.4, -0.2) is 5.11 Å². The van der Waals surface area contributed by atoms with Gasteiger partial charge in [0.15, 0.2) is 0 Å². The average Bonchev–Trinajstić information content (AvgIpc) is 2.24. The van der Waals surface area contributed by atoms with E-state index in [9.17, 15) is 9.50 Å². The molecular formula is C14H11Cl2FO. The van der Waals surface area contributed by atoms with Crippen molar-refractivity contribution in [3.63, 3.8) is 0 Å². The fourth-order valence-corrected chi connectivity index (χ4v) is 2.40. The lowest BCUT2D eigenvalue weighted by atomic mass is 9.98. The Bertz CT molecular complexity index is 600. The average molecular weight is 285 g/mol. The predicted molar refractivity (Wildman–Crippen MR) is 73.0 cm³/mol. The van der Waals surface area contributed by atoms with E-state index in [0.717, 1.165) is 11.1 Å².